The van der Waals surface area contributed by atoms with Crippen LogP contribution in [0.1, 0.15) is 71.6 Å². The van der Waals surface area contributed by atoms with E-state index in [0.717, 1.165) is 17.9 Å². The van der Waals surface area contributed by atoms with Crippen molar-refractivity contribution in [3.05, 3.63) is 0 Å². The van der Waals surface area contributed by atoms with Gasteiger partial charge in [0.05, 0.1) is 0 Å². The van der Waals surface area contributed by atoms with Gasteiger partial charge in [0.25, 0.3) is 0 Å². The Labute approximate surface area is 125 Å². The zero-order chi connectivity index (χ0) is 14.0. The number of hydrogen-bond acceptors (Lipinski definition) is 2. The molecule has 116 valence electrons. The van der Waals surface area contributed by atoms with Crippen LogP contribution < -0.4 is 5.32 Å². The lowest BCUT2D eigenvalue weighted by atomic mass is 9.78. The van der Waals surface area contributed by atoms with Crippen molar-refractivity contribution in [2.75, 3.05) is 19.6 Å². The standard InChI is InChI=1S/C18H34N2/c1-15(2)17-12-19-18(10-6-3-7-11-18)14-20(17)13-16-8-4-5-9-16/h15-17,19H,3-14H2,1-2H3. The van der Waals surface area contributed by atoms with Crippen molar-refractivity contribution in [1.82, 2.24) is 10.2 Å². The summed E-state index contributed by atoms with van der Waals surface area (Å²) in [6, 6.07) is 0.767. The molecule has 1 unspecified atom stereocenters. The van der Waals surface area contributed by atoms with E-state index in [0.29, 0.717) is 5.54 Å². The molecule has 1 spiro atoms. The fourth-order valence-electron chi connectivity index (χ4n) is 4.96. The maximum atomic E-state index is 3.98. The van der Waals surface area contributed by atoms with Crippen molar-refractivity contribution in [1.29, 1.82) is 0 Å². The Morgan fingerprint density at radius 2 is 1.75 bits per heavy atom. The molecular formula is C18H34N2. The molecule has 0 aromatic rings. The lowest BCUT2D eigenvalue weighted by Crippen LogP contribution is -2.66. The van der Waals surface area contributed by atoms with E-state index in [-0.39, 0.29) is 0 Å². The number of hydrogen-bond donors (Lipinski definition) is 1. The van der Waals surface area contributed by atoms with Crippen molar-refractivity contribution in [2.24, 2.45) is 11.8 Å². The van der Waals surface area contributed by atoms with Gasteiger partial charge in [0, 0.05) is 31.2 Å². The number of nitrogens with zero attached hydrogens (tertiary/aromatic N) is 1. The quantitative estimate of drug-likeness (QED) is 0.844. The molecule has 1 aliphatic heterocycles. The molecule has 3 aliphatic rings. The zero-order valence-electron chi connectivity index (χ0n) is 13.7. The van der Waals surface area contributed by atoms with Crippen LogP contribution in [0.4, 0.5) is 0 Å². The first-order valence-corrected chi connectivity index (χ1v) is 9.18. The number of nitrogens with one attached hydrogen (secondary N) is 1. The van der Waals surface area contributed by atoms with Gasteiger partial charge in [-0.15, -0.1) is 0 Å². The summed E-state index contributed by atoms with van der Waals surface area (Å²) in [5, 5.41) is 3.98. The van der Waals surface area contributed by atoms with E-state index in [1.807, 2.05) is 0 Å². The Morgan fingerprint density at radius 1 is 1.05 bits per heavy atom. The highest BCUT2D eigenvalue weighted by molar-refractivity contribution is 5.00. The Kier molecular flexibility index (Phi) is 4.72. The van der Waals surface area contributed by atoms with Crippen LogP contribution in [0.25, 0.3) is 0 Å². The summed E-state index contributed by atoms with van der Waals surface area (Å²) in [6.45, 7) is 8.75. The summed E-state index contributed by atoms with van der Waals surface area (Å²) in [5.74, 6) is 1.78. The fourth-order valence-corrected chi connectivity index (χ4v) is 4.96. The van der Waals surface area contributed by atoms with Crippen molar-refractivity contribution in [2.45, 2.75) is 83.2 Å². The van der Waals surface area contributed by atoms with Gasteiger partial charge in [-0.25, -0.2) is 0 Å². The van der Waals surface area contributed by atoms with Gasteiger partial charge >= 0.3 is 0 Å². The molecule has 0 bridgehead atoms. The van der Waals surface area contributed by atoms with Gasteiger partial charge < -0.3 is 5.32 Å². The van der Waals surface area contributed by atoms with E-state index in [1.165, 1.54) is 77.4 Å². The molecule has 1 atom stereocenters. The van der Waals surface area contributed by atoms with Crippen LogP contribution in [-0.2, 0) is 0 Å². The fraction of sp³-hybridized carbons (Fsp3) is 1.00. The van der Waals surface area contributed by atoms with Crippen LogP contribution in [0, 0.1) is 11.8 Å². The second-order valence-corrected chi connectivity index (χ2v) is 8.11. The molecule has 0 amide bonds. The third kappa shape index (κ3) is 3.22. The van der Waals surface area contributed by atoms with Crippen LogP contribution in [0.5, 0.6) is 0 Å². The Bertz CT molecular complexity index is 301. The molecule has 2 nitrogen and oxygen atoms in total. The van der Waals surface area contributed by atoms with E-state index < -0.39 is 0 Å². The summed E-state index contributed by atoms with van der Waals surface area (Å²) >= 11 is 0. The second kappa shape index (κ2) is 6.36. The molecule has 1 N–H and O–H groups in total. The minimum Gasteiger partial charge on any atom is -0.308 e. The third-order valence-electron chi connectivity index (χ3n) is 6.21. The number of piperazine rings is 1. The molecule has 3 fully saturated rings. The molecule has 2 aliphatic carbocycles. The van der Waals surface area contributed by atoms with E-state index in [2.05, 4.69) is 24.1 Å². The first kappa shape index (κ1) is 14.8. The molecule has 0 aromatic heterocycles. The SMILES string of the molecule is CC(C)C1CNC2(CCCCC2)CN1CC1CCCC1. The van der Waals surface area contributed by atoms with Crippen LogP contribution in [0.2, 0.25) is 0 Å². The molecule has 20 heavy (non-hydrogen) atoms. The lowest BCUT2D eigenvalue weighted by molar-refractivity contribution is 0.0264. The predicted octanol–water partition coefficient (Wildman–Crippen LogP) is 3.81. The summed E-state index contributed by atoms with van der Waals surface area (Å²) in [4.78, 5) is 2.89. The average molecular weight is 278 g/mol. The van der Waals surface area contributed by atoms with Crippen molar-refractivity contribution < 1.29 is 0 Å². The summed E-state index contributed by atoms with van der Waals surface area (Å²) in [7, 11) is 0. The molecule has 2 heteroatoms. The summed E-state index contributed by atoms with van der Waals surface area (Å²) in [5.41, 5.74) is 0.474. The van der Waals surface area contributed by atoms with Gasteiger partial charge in [-0.05, 0) is 37.5 Å². The average Bonchev–Trinajstić information content (AvgIpc) is 2.92. The topological polar surface area (TPSA) is 15.3 Å². The first-order chi connectivity index (χ1) is 9.69. The minimum atomic E-state index is 0.474. The van der Waals surface area contributed by atoms with E-state index >= 15 is 0 Å². The minimum absolute atomic E-state index is 0.474. The molecular weight excluding hydrogens is 244 g/mol. The normalized spacial score (nSPS) is 32.2. The lowest BCUT2D eigenvalue weighted by Gasteiger charge is -2.51. The Morgan fingerprint density at radius 3 is 2.40 bits per heavy atom. The Hall–Kier alpha value is -0.0800. The van der Waals surface area contributed by atoms with E-state index in [9.17, 15) is 0 Å². The van der Waals surface area contributed by atoms with Crippen molar-refractivity contribution in [3.8, 4) is 0 Å². The largest absolute Gasteiger partial charge is 0.308 e. The smallest absolute Gasteiger partial charge is 0.0309 e. The molecule has 2 saturated carbocycles. The zero-order valence-corrected chi connectivity index (χ0v) is 13.7. The van der Waals surface area contributed by atoms with Crippen LogP contribution in [0.15, 0.2) is 0 Å². The van der Waals surface area contributed by atoms with Crippen LogP contribution in [0.3, 0.4) is 0 Å². The van der Waals surface area contributed by atoms with Gasteiger partial charge in [-0.3, -0.25) is 4.90 Å². The highest BCUT2D eigenvalue weighted by atomic mass is 15.3. The maximum absolute atomic E-state index is 3.98. The first-order valence-electron chi connectivity index (χ1n) is 9.18. The molecule has 0 radical (unpaired) electrons. The summed E-state index contributed by atoms with van der Waals surface area (Å²) in [6.07, 6.45) is 13.1. The van der Waals surface area contributed by atoms with Gasteiger partial charge in [-0.1, -0.05) is 46.0 Å². The highest BCUT2D eigenvalue weighted by Crippen LogP contribution is 2.35. The summed E-state index contributed by atoms with van der Waals surface area (Å²) < 4.78 is 0. The molecule has 1 heterocycles. The molecule has 3 rings (SSSR count). The van der Waals surface area contributed by atoms with Gasteiger partial charge in [0.2, 0.25) is 0 Å². The highest BCUT2D eigenvalue weighted by Gasteiger charge is 2.41. The van der Waals surface area contributed by atoms with Crippen molar-refractivity contribution in [3.63, 3.8) is 0 Å². The third-order valence-corrected chi connectivity index (χ3v) is 6.21. The molecule has 1 saturated heterocycles. The second-order valence-electron chi connectivity index (χ2n) is 8.11. The maximum Gasteiger partial charge on any atom is 0.0309 e. The van der Waals surface area contributed by atoms with Gasteiger partial charge in [0.15, 0.2) is 0 Å². The molecule has 0 aromatic carbocycles. The van der Waals surface area contributed by atoms with Crippen LogP contribution in [-0.4, -0.2) is 36.1 Å². The number of rotatable bonds is 3. The van der Waals surface area contributed by atoms with Gasteiger partial charge in [-0.2, -0.15) is 0 Å². The monoisotopic (exact) mass is 278 g/mol. The van der Waals surface area contributed by atoms with E-state index in [4.69, 9.17) is 0 Å². The van der Waals surface area contributed by atoms with Crippen LogP contribution >= 0.6 is 0 Å². The van der Waals surface area contributed by atoms with E-state index in [1.54, 1.807) is 0 Å². The van der Waals surface area contributed by atoms with Gasteiger partial charge in [0.1, 0.15) is 0 Å². The van der Waals surface area contributed by atoms with Crippen molar-refractivity contribution >= 4 is 0 Å². The predicted molar refractivity (Wildman–Crippen MR) is 86.0 cm³/mol. The Balaban J connectivity index is 1.66.